The van der Waals surface area contributed by atoms with Gasteiger partial charge in [-0.25, -0.2) is 4.39 Å². The Bertz CT molecular complexity index is 734. The number of carbonyl (C=O) groups is 2. The van der Waals surface area contributed by atoms with Crippen LogP contribution >= 0.6 is 11.8 Å². The summed E-state index contributed by atoms with van der Waals surface area (Å²) in [5.41, 5.74) is 2.60. The van der Waals surface area contributed by atoms with Gasteiger partial charge in [-0.05, 0) is 36.8 Å². The van der Waals surface area contributed by atoms with E-state index in [4.69, 9.17) is 0 Å². The Morgan fingerprint density at radius 3 is 2.52 bits per heavy atom. The largest absolute Gasteiger partial charge is 0.341 e. The summed E-state index contributed by atoms with van der Waals surface area (Å²) in [7, 11) is 1.67. The highest BCUT2D eigenvalue weighted by atomic mass is 32.2. The lowest BCUT2D eigenvalue weighted by atomic mass is 10.2. The number of halogens is 1. The summed E-state index contributed by atoms with van der Waals surface area (Å²) >= 11 is 1.26. The first kappa shape index (κ1) is 19.0. The summed E-state index contributed by atoms with van der Waals surface area (Å²) in [6.45, 7) is 2.32. The molecular weight excluding hydrogens is 339 g/mol. The van der Waals surface area contributed by atoms with E-state index in [9.17, 15) is 14.0 Å². The van der Waals surface area contributed by atoms with Gasteiger partial charge in [-0.2, -0.15) is 0 Å². The zero-order valence-electron chi connectivity index (χ0n) is 14.3. The lowest BCUT2D eigenvalue weighted by Gasteiger charge is -2.17. The van der Waals surface area contributed by atoms with E-state index in [-0.39, 0.29) is 29.1 Å². The Morgan fingerprint density at radius 1 is 1.12 bits per heavy atom. The third kappa shape index (κ3) is 6.58. The molecule has 0 bridgehead atoms. The quantitative estimate of drug-likeness (QED) is 0.823. The topological polar surface area (TPSA) is 49.4 Å². The molecule has 132 valence electrons. The number of anilines is 1. The Kier molecular flexibility index (Phi) is 7.01. The molecule has 0 fully saturated rings. The van der Waals surface area contributed by atoms with Crippen molar-refractivity contribution in [3.8, 4) is 0 Å². The monoisotopic (exact) mass is 360 g/mol. The fraction of sp³-hybridized carbons (Fsp3) is 0.263. The standard InChI is InChI=1S/C19H21FN2O2S/c1-14-6-8-17(9-7-14)21-18(23)12-25-13-19(24)22(2)11-15-4-3-5-16(20)10-15/h3-10H,11-13H2,1-2H3,(H,21,23). The average molecular weight is 360 g/mol. The predicted octanol–water partition coefficient (Wildman–Crippen LogP) is 3.46. The first-order valence-electron chi connectivity index (χ1n) is 7.87. The van der Waals surface area contributed by atoms with E-state index in [1.54, 1.807) is 19.2 Å². The smallest absolute Gasteiger partial charge is 0.234 e. The van der Waals surface area contributed by atoms with Crippen molar-refractivity contribution >= 4 is 29.3 Å². The Balaban J connectivity index is 1.72. The van der Waals surface area contributed by atoms with E-state index in [0.29, 0.717) is 6.54 Å². The normalized spacial score (nSPS) is 10.4. The summed E-state index contributed by atoms with van der Waals surface area (Å²) < 4.78 is 13.2. The van der Waals surface area contributed by atoms with Crippen molar-refractivity contribution in [3.63, 3.8) is 0 Å². The number of amides is 2. The van der Waals surface area contributed by atoms with Gasteiger partial charge in [-0.15, -0.1) is 11.8 Å². The minimum Gasteiger partial charge on any atom is -0.341 e. The summed E-state index contributed by atoms with van der Waals surface area (Å²) in [6, 6.07) is 13.7. The Morgan fingerprint density at radius 2 is 1.84 bits per heavy atom. The lowest BCUT2D eigenvalue weighted by molar-refractivity contribution is -0.127. The molecule has 0 saturated carbocycles. The van der Waals surface area contributed by atoms with Crippen LogP contribution in [-0.4, -0.2) is 35.3 Å². The molecule has 25 heavy (non-hydrogen) atoms. The molecule has 0 spiro atoms. The van der Waals surface area contributed by atoms with Crippen LogP contribution in [0.2, 0.25) is 0 Å². The molecule has 0 aliphatic heterocycles. The van der Waals surface area contributed by atoms with E-state index < -0.39 is 0 Å². The summed E-state index contributed by atoms with van der Waals surface area (Å²) in [5, 5.41) is 2.79. The van der Waals surface area contributed by atoms with Gasteiger partial charge < -0.3 is 10.2 Å². The van der Waals surface area contributed by atoms with Crippen LogP contribution in [0, 0.1) is 12.7 Å². The van der Waals surface area contributed by atoms with Gasteiger partial charge in [0, 0.05) is 19.3 Å². The molecule has 2 aromatic carbocycles. The molecule has 0 aromatic heterocycles. The summed E-state index contributed by atoms with van der Waals surface area (Å²) in [6.07, 6.45) is 0. The molecule has 4 nitrogen and oxygen atoms in total. The van der Waals surface area contributed by atoms with Crippen molar-refractivity contribution < 1.29 is 14.0 Å². The second-order valence-electron chi connectivity index (χ2n) is 5.79. The molecule has 1 N–H and O–H groups in total. The van der Waals surface area contributed by atoms with E-state index >= 15 is 0 Å². The number of rotatable bonds is 7. The summed E-state index contributed by atoms with van der Waals surface area (Å²) in [5.74, 6) is -0.159. The maximum absolute atomic E-state index is 13.2. The zero-order chi connectivity index (χ0) is 18.2. The Hall–Kier alpha value is -2.34. The van der Waals surface area contributed by atoms with E-state index in [1.165, 1.54) is 28.8 Å². The van der Waals surface area contributed by atoms with Crippen LogP contribution in [-0.2, 0) is 16.1 Å². The number of nitrogens with one attached hydrogen (secondary N) is 1. The number of nitrogens with zero attached hydrogens (tertiary/aromatic N) is 1. The molecule has 0 heterocycles. The molecule has 0 atom stereocenters. The van der Waals surface area contributed by atoms with Gasteiger partial charge in [0.25, 0.3) is 0 Å². The first-order valence-corrected chi connectivity index (χ1v) is 9.02. The number of hydrogen-bond donors (Lipinski definition) is 1. The van der Waals surface area contributed by atoms with Crippen LogP contribution in [0.3, 0.4) is 0 Å². The fourth-order valence-electron chi connectivity index (χ4n) is 2.17. The van der Waals surface area contributed by atoms with Crippen molar-refractivity contribution in [1.82, 2.24) is 4.90 Å². The van der Waals surface area contributed by atoms with Crippen LogP contribution in [0.4, 0.5) is 10.1 Å². The molecule has 2 aromatic rings. The van der Waals surface area contributed by atoms with Gasteiger partial charge in [-0.3, -0.25) is 9.59 Å². The highest BCUT2D eigenvalue weighted by Gasteiger charge is 2.11. The minimum absolute atomic E-state index is 0.0996. The first-order chi connectivity index (χ1) is 11.9. The van der Waals surface area contributed by atoms with Gasteiger partial charge >= 0.3 is 0 Å². The van der Waals surface area contributed by atoms with Gasteiger partial charge in [0.15, 0.2) is 0 Å². The van der Waals surface area contributed by atoms with Crippen molar-refractivity contribution in [2.24, 2.45) is 0 Å². The molecular formula is C19H21FN2O2S. The number of aryl methyl sites for hydroxylation is 1. The van der Waals surface area contributed by atoms with Crippen molar-refractivity contribution in [3.05, 3.63) is 65.5 Å². The van der Waals surface area contributed by atoms with E-state index in [1.807, 2.05) is 31.2 Å². The molecule has 0 aliphatic carbocycles. The average Bonchev–Trinajstić information content (AvgIpc) is 2.57. The van der Waals surface area contributed by atoms with Crippen molar-refractivity contribution in [1.29, 1.82) is 0 Å². The fourth-order valence-corrected chi connectivity index (χ4v) is 2.93. The molecule has 0 saturated heterocycles. The zero-order valence-corrected chi connectivity index (χ0v) is 15.1. The molecule has 6 heteroatoms. The van der Waals surface area contributed by atoms with Crippen LogP contribution in [0.1, 0.15) is 11.1 Å². The second-order valence-corrected chi connectivity index (χ2v) is 6.77. The highest BCUT2D eigenvalue weighted by molar-refractivity contribution is 8.00. The van der Waals surface area contributed by atoms with Gasteiger partial charge in [0.1, 0.15) is 5.82 Å². The van der Waals surface area contributed by atoms with E-state index in [0.717, 1.165) is 16.8 Å². The van der Waals surface area contributed by atoms with Gasteiger partial charge in [0.05, 0.1) is 11.5 Å². The molecule has 0 aliphatic rings. The van der Waals surface area contributed by atoms with Crippen LogP contribution in [0.15, 0.2) is 48.5 Å². The number of benzene rings is 2. The molecule has 0 unspecified atom stereocenters. The third-order valence-electron chi connectivity index (χ3n) is 3.53. The van der Waals surface area contributed by atoms with E-state index in [2.05, 4.69) is 5.32 Å². The molecule has 0 radical (unpaired) electrons. The highest BCUT2D eigenvalue weighted by Crippen LogP contribution is 2.11. The molecule has 2 rings (SSSR count). The van der Waals surface area contributed by atoms with Crippen molar-refractivity contribution in [2.75, 3.05) is 23.9 Å². The summed E-state index contributed by atoms with van der Waals surface area (Å²) in [4.78, 5) is 25.5. The van der Waals surface area contributed by atoms with Crippen LogP contribution < -0.4 is 5.32 Å². The second kappa shape index (κ2) is 9.22. The SMILES string of the molecule is Cc1ccc(NC(=O)CSCC(=O)N(C)Cc2cccc(F)c2)cc1. The third-order valence-corrected chi connectivity index (χ3v) is 4.45. The Labute approximate surface area is 151 Å². The van der Waals surface area contributed by atoms with Crippen LogP contribution in [0.5, 0.6) is 0 Å². The maximum Gasteiger partial charge on any atom is 0.234 e. The number of hydrogen-bond acceptors (Lipinski definition) is 3. The van der Waals surface area contributed by atoms with Gasteiger partial charge in [0.2, 0.25) is 11.8 Å². The minimum atomic E-state index is -0.319. The maximum atomic E-state index is 13.2. The lowest BCUT2D eigenvalue weighted by Crippen LogP contribution is -2.28. The van der Waals surface area contributed by atoms with Gasteiger partial charge in [-0.1, -0.05) is 29.8 Å². The predicted molar refractivity (Wildman–Crippen MR) is 100 cm³/mol. The van der Waals surface area contributed by atoms with Crippen molar-refractivity contribution in [2.45, 2.75) is 13.5 Å². The van der Waals surface area contributed by atoms with Crippen LogP contribution in [0.25, 0.3) is 0 Å². The molecule has 2 amide bonds. The number of thioether (sulfide) groups is 1. The number of carbonyl (C=O) groups excluding carboxylic acids is 2.